The SMILES string of the molecule is N#Cc1ccc2cc(NC(=O)OCc3ccccc3)ccc2n1. The van der Waals surface area contributed by atoms with Crippen LogP contribution in [0.5, 0.6) is 0 Å². The van der Waals surface area contributed by atoms with Gasteiger partial charge in [-0.1, -0.05) is 30.3 Å². The molecule has 0 aliphatic carbocycles. The first-order chi connectivity index (χ1) is 11.2. The Morgan fingerprint density at radius 2 is 1.96 bits per heavy atom. The number of hydrogen-bond acceptors (Lipinski definition) is 4. The summed E-state index contributed by atoms with van der Waals surface area (Å²) in [5.41, 5.74) is 2.60. The zero-order valence-electron chi connectivity index (χ0n) is 12.2. The van der Waals surface area contributed by atoms with E-state index in [-0.39, 0.29) is 6.61 Å². The smallest absolute Gasteiger partial charge is 0.411 e. The molecule has 0 bridgehead atoms. The summed E-state index contributed by atoms with van der Waals surface area (Å²) < 4.78 is 5.17. The van der Waals surface area contributed by atoms with Crippen LogP contribution in [0.4, 0.5) is 10.5 Å². The molecule has 1 amide bonds. The number of hydrogen-bond donors (Lipinski definition) is 1. The van der Waals surface area contributed by atoms with Crippen molar-refractivity contribution in [1.29, 1.82) is 5.26 Å². The summed E-state index contributed by atoms with van der Waals surface area (Å²) >= 11 is 0. The number of rotatable bonds is 3. The maximum atomic E-state index is 11.8. The summed E-state index contributed by atoms with van der Waals surface area (Å²) in [4.78, 5) is 16.0. The van der Waals surface area contributed by atoms with E-state index in [4.69, 9.17) is 10.00 Å². The Morgan fingerprint density at radius 1 is 1.13 bits per heavy atom. The van der Waals surface area contributed by atoms with Crippen LogP contribution in [0.2, 0.25) is 0 Å². The predicted octanol–water partition coefficient (Wildman–Crippen LogP) is 3.86. The number of nitrogens with one attached hydrogen (secondary N) is 1. The summed E-state index contributed by atoms with van der Waals surface area (Å²) in [5, 5.41) is 12.4. The number of nitriles is 1. The van der Waals surface area contributed by atoms with E-state index >= 15 is 0 Å². The number of anilines is 1. The maximum absolute atomic E-state index is 11.8. The van der Waals surface area contributed by atoms with Crippen LogP contribution in [0.25, 0.3) is 10.9 Å². The lowest BCUT2D eigenvalue weighted by molar-refractivity contribution is 0.155. The number of ether oxygens (including phenoxy) is 1. The second-order valence-corrected chi connectivity index (χ2v) is 4.90. The first-order valence-corrected chi connectivity index (χ1v) is 7.03. The van der Waals surface area contributed by atoms with Crippen molar-refractivity contribution in [1.82, 2.24) is 4.98 Å². The number of aromatic nitrogens is 1. The Morgan fingerprint density at radius 3 is 2.74 bits per heavy atom. The van der Waals surface area contributed by atoms with Crippen molar-refractivity contribution in [3.05, 3.63) is 71.9 Å². The predicted molar refractivity (Wildman–Crippen MR) is 86.7 cm³/mol. The van der Waals surface area contributed by atoms with E-state index < -0.39 is 6.09 Å². The molecule has 5 heteroatoms. The topological polar surface area (TPSA) is 75.0 Å². The largest absolute Gasteiger partial charge is 0.444 e. The molecule has 5 nitrogen and oxygen atoms in total. The van der Waals surface area contributed by atoms with Crippen molar-refractivity contribution in [2.24, 2.45) is 0 Å². The van der Waals surface area contributed by atoms with Crippen LogP contribution in [0.1, 0.15) is 11.3 Å². The van der Waals surface area contributed by atoms with Gasteiger partial charge in [-0.2, -0.15) is 5.26 Å². The van der Waals surface area contributed by atoms with E-state index in [9.17, 15) is 4.79 Å². The highest BCUT2D eigenvalue weighted by atomic mass is 16.5. The van der Waals surface area contributed by atoms with Gasteiger partial charge in [0.2, 0.25) is 0 Å². The first kappa shape index (κ1) is 14.5. The highest BCUT2D eigenvalue weighted by Gasteiger charge is 2.05. The van der Waals surface area contributed by atoms with E-state index in [1.165, 1.54) is 0 Å². The number of amides is 1. The maximum Gasteiger partial charge on any atom is 0.411 e. The van der Waals surface area contributed by atoms with Crippen molar-refractivity contribution in [3.8, 4) is 6.07 Å². The average Bonchev–Trinajstić information content (AvgIpc) is 2.60. The summed E-state index contributed by atoms with van der Waals surface area (Å²) in [6, 6.07) is 20.2. The Hall–Kier alpha value is -3.39. The lowest BCUT2D eigenvalue weighted by Gasteiger charge is -2.08. The minimum absolute atomic E-state index is 0.216. The molecular weight excluding hydrogens is 290 g/mol. The third-order valence-corrected chi connectivity index (χ3v) is 3.26. The highest BCUT2D eigenvalue weighted by molar-refractivity contribution is 5.89. The zero-order chi connectivity index (χ0) is 16.1. The van der Waals surface area contributed by atoms with Crippen LogP contribution < -0.4 is 5.32 Å². The number of pyridine rings is 1. The summed E-state index contributed by atoms with van der Waals surface area (Å²) in [5.74, 6) is 0. The molecule has 112 valence electrons. The molecule has 0 spiro atoms. The van der Waals surface area contributed by atoms with Gasteiger partial charge in [0.1, 0.15) is 18.4 Å². The quantitative estimate of drug-likeness (QED) is 0.797. The molecule has 0 unspecified atom stereocenters. The van der Waals surface area contributed by atoms with Crippen molar-refractivity contribution in [3.63, 3.8) is 0 Å². The molecule has 0 saturated heterocycles. The monoisotopic (exact) mass is 303 g/mol. The minimum atomic E-state index is -0.519. The molecule has 0 aliphatic rings. The third kappa shape index (κ3) is 3.63. The second kappa shape index (κ2) is 6.58. The van der Waals surface area contributed by atoms with Gasteiger partial charge in [0, 0.05) is 11.1 Å². The number of benzene rings is 2. The molecule has 3 aromatic rings. The summed E-state index contributed by atoms with van der Waals surface area (Å²) in [7, 11) is 0. The molecule has 0 atom stereocenters. The van der Waals surface area contributed by atoms with E-state index in [1.807, 2.05) is 36.4 Å². The lowest BCUT2D eigenvalue weighted by Crippen LogP contribution is -2.13. The zero-order valence-corrected chi connectivity index (χ0v) is 12.2. The first-order valence-electron chi connectivity index (χ1n) is 7.03. The Bertz CT molecular complexity index is 886. The van der Waals surface area contributed by atoms with Gasteiger partial charge in [-0.3, -0.25) is 5.32 Å². The van der Waals surface area contributed by atoms with Gasteiger partial charge in [-0.15, -0.1) is 0 Å². The standard InChI is InChI=1S/C18H13N3O2/c19-11-16-7-6-14-10-15(8-9-17(14)20-16)21-18(22)23-12-13-4-2-1-3-5-13/h1-10H,12H2,(H,21,22). The second-order valence-electron chi connectivity index (χ2n) is 4.90. The van der Waals surface area contributed by atoms with Crippen LogP contribution in [-0.2, 0) is 11.3 Å². The van der Waals surface area contributed by atoms with Crippen LogP contribution in [-0.4, -0.2) is 11.1 Å². The molecule has 2 aromatic carbocycles. The lowest BCUT2D eigenvalue weighted by atomic mass is 10.2. The van der Waals surface area contributed by atoms with Gasteiger partial charge >= 0.3 is 6.09 Å². The van der Waals surface area contributed by atoms with Crippen LogP contribution in [0.3, 0.4) is 0 Å². The van der Waals surface area contributed by atoms with E-state index in [0.717, 1.165) is 10.9 Å². The summed E-state index contributed by atoms with van der Waals surface area (Å²) in [6.45, 7) is 0.216. The molecule has 23 heavy (non-hydrogen) atoms. The van der Waals surface area contributed by atoms with Gasteiger partial charge in [-0.05, 0) is 35.9 Å². The van der Waals surface area contributed by atoms with Gasteiger partial charge < -0.3 is 4.74 Å². The number of fused-ring (bicyclic) bond motifs is 1. The Balaban J connectivity index is 1.66. The molecule has 1 N–H and O–H groups in total. The van der Waals surface area contributed by atoms with Crippen LogP contribution >= 0.6 is 0 Å². The number of carbonyl (C=O) groups excluding carboxylic acids is 1. The van der Waals surface area contributed by atoms with Gasteiger partial charge in [-0.25, -0.2) is 9.78 Å². The average molecular weight is 303 g/mol. The van der Waals surface area contributed by atoms with E-state index in [0.29, 0.717) is 16.9 Å². The molecule has 1 heterocycles. The minimum Gasteiger partial charge on any atom is -0.444 e. The van der Waals surface area contributed by atoms with Gasteiger partial charge in [0.05, 0.1) is 5.52 Å². The fraction of sp³-hybridized carbons (Fsp3) is 0.0556. The van der Waals surface area contributed by atoms with E-state index in [1.54, 1.807) is 30.3 Å². The Labute approximate surface area is 133 Å². The van der Waals surface area contributed by atoms with Crippen LogP contribution in [0.15, 0.2) is 60.7 Å². The fourth-order valence-electron chi connectivity index (χ4n) is 2.14. The van der Waals surface area contributed by atoms with Crippen molar-refractivity contribution in [2.45, 2.75) is 6.61 Å². The van der Waals surface area contributed by atoms with Gasteiger partial charge in [0.15, 0.2) is 0 Å². The molecular formula is C18H13N3O2. The summed E-state index contributed by atoms with van der Waals surface area (Å²) in [6.07, 6.45) is -0.519. The molecule has 0 aliphatic heterocycles. The van der Waals surface area contributed by atoms with Gasteiger partial charge in [0.25, 0.3) is 0 Å². The highest BCUT2D eigenvalue weighted by Crippen LogP contribution is 2.18. The molecule has 1 aromatic heterocycles. The molecule has 0 fully saturated rings. The van der Waals surface area contributed by atoms with Crippen molar-refractivity contribution < 1.29 is 9.53 Å². The molecule has 3 rings (SSSR count). The molecule has 0 radical (unpaired) electrons. The third-order valence-electron chi connectivity index (χ3n) is 3.26. The number of nitrogens with zero attached hydrogens (tertiary/aromatic N) is 2. The van der Waals surface area contributed by atoms with Crippen LogP contribution in [0, 0.1) is 11.3 Å². The van der Waals surface area contributed by atoms with E-state index in [2.05, 4.69) is 10.3 Å². The normalized spacial score (nSPS) is 10.0. The molecule has 0 saturated carbocycles. The fourth-order valence-corrected chi connectivity index (χ4v) is 2.14. The van der Waals surface area contributed by atoms with Crippen molar-refractivity contribution in [2.75, 3.05) is 5.32 Å². The Kier molecular flexibility index (Phi) is 4.16. The number of carbonyl (C=O) groups is 1. The van der Waals surface area contributed by atoms with Crippen molar-refractivity contribution >= 4 is 22.7 Å².